The van der Waals surface area contributed by atoms with Gasteiger partial charge in [0.25, 0.3) is 5.91 Å². The molecule has 2 aromatic rings. The number of likely N-dealkylation sites (tertiary alicyclic amines) is 1. The van der Waals surface area contributed by atoms with Crippen LogP contribution in [0.2, 0.25) is 0 Å². The van der Waals surface area contributed by atoms with E-state index in [-0.39, 0.29) is 24.9 Å². The molecule has 0 unspecified atom stereocenters. The second-order valence-corrected chi connectivity index (χ2v) is 13.3. The van der Waals surface area contributed by atoms with Gasteiger partial charge in [-0.1, -0.05) is 30.7 Å². The van der Waals surface area contributed by atoms with Gasteiger partial charge in [0.15, 0.2) is 5.69 Å². The number of hydrogen-bond donors (Lipinski definition) is 0. The van der Waals surface area contributed by atoms with Crippen LogP contribution in [0.4, 0.5) is 4.79 Å². The molecule has 0 spiro atoms. The topological polar surface area (TPSA) is 119 Å². The van der Waals surface area contributed by atoms with E-state index in [0.29, 0.717) is 58.0 Å². The number of methoxy groups -OCH3 is 1. The van der Waals surface area contributed by atoms with Crippen LogP contribution in [0, 0.1) is 12.8 Å². The molecule has 4 rings (SSSR count). The SMILES string of the molecule is CCCCN(C(=O)c1nnn(-c2cccc(C)c2)c1CCCCOC)[C@H]1C[C@@H](C(=O)N2CCOCC2)CN(C(=O)OC(C)(C)C)C1. The molecule has 0 bridgehead atoms. The normalized spacial score (nSPS) is 18.8. The van der Waals surface area contributed by atoms with Crippen molar-refractivity contribution in [2.24, 2.45) is 5.92 Å². The van der Waals surface area contributed by atoms with Crippen LogP contribution in [0.15, 0.2) is 24.3 Å². The van der Waals surface area contributed by atoms with Crippen molar-refractivity contribution in [2.45, 2.75) is 84.8 Å². The molecule has 0 radical (unpaired) electrons. The van der Waals surface area contributed by atoms with E-state index in [0.717, 1.165) is 42.6 Å². The van der Waals surface area contributed by atoms with Gasteiger partial charge in [-0.25, -0.2) is 9.48 Å². The van der Waals surface area contributed by atoms with E-state index in [1.165, 1.54) is 0 Å². The molecule has 1 aromatic carbocycles. The third kappa shape index (κ3) is 9.28. The molecule has 0 saturated carbocycles. The van der Waals surface area contributed by atoms with Gasteiger partial charge in [-0.2, -0.15) is 0 Å². The molecule has 0 N–H and O–H groups in total. The predicted molar refractivity (Wildman–Crippen MR) is 174 cm³/mol. The summed E-state index contributed by atoms with van der Waals surface area (Å²) in [4.78, 5) is 47.0. The largest absolute Gasteiger partial charge is 0.444 e. The third-order valence-electron chi connectivity index (χ3n) is 8.43. The Labute approximate surface area is 273 Å². The van der Waals surface area contributed by atoms with Gasteiger partial charge in [-0.15, -0.1) is 5.10 Å². The fourth-order valence-corrected chi connectivity index (χ4v) is 6.11. The molecule has 1 aromatic heterocycles. The van der Waals surface area contributed by atoms with E-state index in [1.54, 1.807) is 16.7 Å². The molecule has 254 valence electrons. The number of nitrogens with zero attached hydrogens (tertiary/aromatic N) is 6. The first-order chi connectivity index (χ1) is 22.0. The zero-order chi connectivity index (χ0) is 33.3. The third-order valence-corrected chi connectivity index (χ3v) is 8.43. The van der Waals surface area contributed by atoms with Crippen molar-refractivity contribution in [2.75, 3.05) is 59.7 Å². The minimum atomic E-state index is -0.697. The lowest BCUT2D eigenvalue weighted by Crippen LogP contribution is -2.58. The number of carbonyl (C=O) groups is 3. The number of piperidine rings is 1. The summed E-state index contributed by atoms with van der Waals surface area (Å²) in [7, 11) is 1.68. The van der Waals surface area contributed by atoms with Crippen LogP contribution in [0.25, 0.3) is 5.69 Å². The van der Waals surface area contributed by atoms with Crippen molar-refractivity contribution in [1.29, 1.82) is 0 Å². The smallest absolute Gasteiger partial charge is 0.410 e. The Balaban J connectivity index is 1.69. The maximum absolute atomic E-state index is 14.6. The maximum Gasteiger partial charge on any atom is 0.410 e. The molecule has 2 saturated heterocycles. The second kappa shape index (κ2) is 16.4. The molecule has 12 heteroatoms. The summed E-state index contributed by atoms with van der Waals surface area (Å²) in [6.07, 6.45) is 3.84. The standard InChI is InChI=1S/C34H52N6O6/c1-7-8-15-39(32(42)30-29(14-9-10-18-44-6)40(36-35-30)27-13-11-12-25(2)21-27)28-22-26(31(41)37-16-19-45-20-17-37)23-38(24-28)33(43)46-34(3,4)5/h11-13,21,26,28H,7-10,14-20,22-24H2,1-6H3/t26-,28+/m1/s1. The first-order valence-electron chi connectivity index (χ1n) is 16.7. The minimum absolute atomic E-state index is 0.0197. The van der Waals surface area contributed by atoms with Gasteiger partial charge in [0, 0.05) is 46.4 Å². The molecule has 46 heavy (non-hydrogen) atoms. The Morgan fingerprint density at radius 2 is 1.83 bits per heavy atom. The summed E-state index contributed by atoms with van der Waals surface area (Å²) in [5.41, 5.74) is 2.28. The van der Waals surface area contributed by atoms with E-state index < -0.39 is 23.7 Å². The zero-order valence-electron chi connectivity index (χ0n) is 28.5. The van der Waals surface area contributed by atoms with Crippen molar-refractivity contribution < 1.29 is 28.6 Å². The highest BCUT2D eigenvalue weighted by molar-refractivity contribution is 5.94. The summed E-state index contributed by atoms with van der Waals surface area (Å²) < 4.78 is 18.3. The number of morpholine rings is 1. The number of carbonyl (C=O) groups excluding carboxylic acids is 3. The Hall–Kier alpha value is -3.51. The molecular formula is C34H52N6O6. The summed E-state index contributed by atoms with van der Waals surface area (Å²) >= 11 is 0. The summed E-state index contributed by atoms with van der Waals surface area (Å²) in [6, 6.07) is 7.57. The lowest BCUT2D eigenvalue weighted by molar-refractivity contribution is -0.142. The quantitative estimate of drug-likeness (QED) is 0.316. The van der Waals surface area contributed by atoms with Crippen LogP contribution >= 0.6 is 0 Å². The van der Waals surface area contributed by atoms with Gasteiger partial charge >= 0.3 is 6.09 Å². The van der Waals surface area contributed by atoms with Crippen LogP contribution in [-0.2, 0) is 25.4 Å². The predicted octanol–water partition coefficient (Wildman–Crippen LogP) is 4.27. The van der Waals surface area contributed by atoms with Gasteiger partial charge in [0.05, 0.1) is 36.6 Å². The van der Waals surface area contributed by atoms with E-state index in [9.17, 15) is 14.4 Å². The monoisotopic (exact) mass is 640 g/mol. The highest BCUT2D eigenvalue weighted by atomic mass is 16.6. The number of benzene rings is 1. The minimum Gasteiger partial charge on any atom is -0.444 e. The van der Waals surface area contributed by atoms with Gasteiger partial charge in [-0.05, 0) is 77.5 Å². The van der Waals surface area contributed by atoms with Crippen LogP contribution in [-0.4, -0.2) is 119 Å². The van der Waals surface area contributed by atoms with Gasteiger partial charge in [0.1, 0.15) is 5.60 Å². The molecule has 12 nitrogen and oxygen atoms in total. The number of unbranched alkanes of at least 4 members (excludes halogenated alkanes) is 2. The highest BCUT2D eigenvalue weighted by Gasteiger charge is 2.41. The average molecular weight is 641 g/mol. The van der Waals surface area contributed by atoms with Crippen molar-refractivity contribution in [3.8, 4) is 5.69 Å². The fourth-order valence-electron chi connectivity index (χ4n) is 6.11. The van der Waals surface area contributed by atoms with E-state index >= 15 is 0 Å². The Morgan fingerprint density at radius 1 is 1.07 bits per heavy atom. The molecule has 3 heterocycles. The van der Waals surface area contributed by atoms with E-state index in [4.69, 9.17) is 14.2 Å². The van der Waals surface area contributed by atoms with Gasteiger partial charge in [0.2, 0.25) is 5.91 Å². The Bertz CT molecular complexity index is 1320. The van der Waals surface area contributed by atoms with E-state index in [2.05, 4.69) is 17.2 Å². The number of ether oxygens (including phenoxy) is 3. The number of rotatable bonds is 12. The lowest BCUT2D eigenvalue weighted by atomic mass is 9.91. The maximum atomic E-state index is 14.6. The lowest BCUT2D eigenvalue weighted by Gasteiger charge is -2.43. The van der Waals surface area contributed by atoms with Crippen LogP contribution in [0.3, 0.4) is 0 Å². The summed E-state index contributed by atoms with van der Waals surface area (Å²) in [5, 5.41) is 8.95. The fraction of sp³-hybridized carbons (Fsp3) is 0.676. The number of hydrogen-bond acceptors (Lipinski definition) is 8. The molecule has 3 amide bonds. The molecule has 2 aliphatic rings. The van der Waals surface area contributed by atoms with Crippen molar-refractivity contribution in [3.05, 3.63) is 41.2 Å². The number of amides is 3. The average Bonchev–Trinajstić information content (AvgIpc) is 3.46. The molecule has 0 aliphatic carbocycles. The Kier molecular flexibility index (Phi) is 12.6. The van der Waals surface area contributed by atoms with Crippen LogP contribution < -0.4 is 0 Å². The second-order valence-electron chi connectivity index (χ2n) is 13.3. The first kappa shape index (κ1) is 35.3. The molecular weight excluding hydrogens is 588 g/mol. The van der Waals surface area contributed by atoms with E-state index in [1.807, 2.05) is 61.8 Å². The van der Waals surface area contributed by atoms with Gasteiger partial charge in [-0.3, -0.25) is 9.59 Å². The van der Waals surface area contributed by atoms with Gasteiger partial charge < -0.3 is 28.9 Å². The summed E-state index contributed by atoms with van der Waals surface area (Å²) in [6.45, 7) is 13.2. The first-order valence-corrected chi connectivity index (χ1v) is 16.7. The molecule has 2 fully saturated rings. The Morgan fingerprint density at radius 3 is 2.50 bits per heavy atom. The van der Waals surface area contributed by atoms with Crippen molar-refractivity contribution >= 4 is 17.9 Å². The highest BCUT2D eigenvalue weighted by Crippen LogP contribution is 2.28. The van der Waals surface area contributed by atoms with Crippen LogP contribution in [0.1, 0.15) is 81.5 Å². The number of aromatic nitrogens is 3. The molecule has 2 atom stereocenters. The molecule has 2 aliphatic heterocycles. The number of aryl methyl sites for hydroxylation is 1. The zero-order valence-corrected chi connectivity index (χ0v) is 28.5. The van der Waals surface area contributed by atoms with Crippen molar-refractivity contribution in [1.82, 2.24) is 29.7 Å². The van der Waals surface area contributed by atoms with Crippen molar-refractivity contribution in [3.63, 3.8) is 0 Å². The van der Waals surface area contributed by atoms with Crippen LogP contribution in [0.5, 0.6) is 0 Å². The summed E-state index contributed by atoms with van der Waals surface area (Å²) in [5.74, 6) is -0.728.